The fourth-order valence-electron chi connectivity index (χ4n) is 2.17. The number of hydrogen-bond donors (Lipinski definition) is 2. The molecule has 0 spiro atoms. The van der Waals surface area contributed by atoms with Gasteiger partial charge in [-0.05, 0) is 44.5 Å². The van der Waals surface area contributed by atoms with Crippen LogP contribution in [0.5, 0.6) is 5.75 Å². The highest BCUT2D eigenvalue weighted by Crippen LogP contribution is 2.27. The van der Waals surface area contributed by atoms with Crippen molar-refractivity contribution in [3.8, 4) is 5.75 Å². The van der Waals surface area contributed by atoms with Crippen molar-refractivity contribution in [1.29, 1.82) is 0 Å². The molecule has 1 aromatic carbocycles. The second kappa shape index (κ2) is 6.54. The summed E-state index contributed by atoms with van der Waals surface area (Å²) in [5.74, 6) is 0.213. The first-order valence-electron chi connectivity index (χ1n) is 6.27. The van der Waals surface area contributed by atoms with Crippen molar-refractivity contribution in [1.82, 2.24) is 5.32 Å². The number of rotatable bonds is 4. The van der Waals surface area contributed by atoms with Crippen LogP contribution in [0.25, 0.3) is 0 Å². The highest BCUT2D eigenvalue weighted by atomic mass is 19.3. The molecule has 0 radical (unpaired) electrons. The lowest BCUT2D eigenvalue weighted by molar-refractivity contribution is -0.0493. The van der Waals surface area contributed by atoms with Gasteiger partial charge in [-0.15, -0.1) is 0 Å². The molecule has 1 aliphatic heterocycles. The normalized spacial score (nSPS) is 20.5. The summed E-state index contributed by atoms with van der Waals surface area (Å²) in [5, 5.41) is 6.62. The summed E-state index contributed by atoms with van der Waals surface area (Å²) in [6.45, 7) is -0.813. The monoisotopic (exact) mass is 256 g/mol. The van der Waals surface area contributed by atoms with Gasteiger partial charge >= 0.3 is 6.61 Å². The molecular weight excluding hydrogens is 238 g/mol. The van der Waals surface area contributed by atoms with Gasteiger partial charge in [-0.1, -0.05) is 12.1 Å². The SMILES string of the molecule is FC(F)Oc1ccccc1NC1CCCNCC1. The van der Waals surface area contributed by atoms with Crippen molar-refractivity contribution in [2.24, 2.45) is 0 Å². The predicted molar refractivity (Wildman–Crippen MR) is 67.2 cm³/mol. The van der Waals surface area contributed by atoms with E-state index in [4.69, 9.17) is 0 Å². The Morgan fingerprint density at radius 3 is 2.89 bits per heavy atom. The fourth-order valence-corrected chi connectivity index (χ4v) is 2.17. The second-order valence-corrected chi connectivity index (χ2v) is 4.40. The minimum Gasteiger partial charge on any atom is -0.433 e. The number of halogens is 2. The third-order valence-corrected chi connectivity index (χ3v) is 3.04. The van der Waals surface area contributed by atoms with E-state index in [1.54, 1.807) is 18.2 Å². The fraction of sp³-hybridized carbons (Fsp3) is 0.538. The quantitative estimate of drug-likeness (QED) is 0.869. The number of benzene rings is 1. The van der Waals surface area contributed by atoms with Crippen LogP contribution < -0.4 is 15.4 Å². The molecule has 0 amide bonds. The van der Waals surface area contributed by atoms with E-state index in [0.29, 0.717) is 11.7 Å². The largest absolute Gasteiger partial charge is 0.433 e. The molecule has 0 bridgehead atoms. The first-order chi connectivity index (χ1) is 8.75. The Morgan fingerprint density at radius 2 is 2.06 bits per heavy atom. The summed E-state index contributed by atoms with van der Waals surface area (Å²) in [5.41, 5.74) is 0.643. The van der Waals surface area contributed by atoms with E-state index in [1.165, 1.54) is 0 Å². The molecule has 5 heteroatoms. The summed E-state index contributed by atoms with van der Waals surface area (Å²) in [4.78, 5) is 0. The molecule has 0 saturated carbocycles. The van der Waals surface area contributed by atoms with Gasteiger partial charge in [-0.2, -0.15) is 8.78 Å². The second-order valence-electron chi connectivity index (χ2n) is 4.40. The number of nitrogens with one attached hydrogen (secondary N) is 2. The summed E-state index contributed by atoms with van der Waals surface area (Å²) in [6, 6.07) is 7.15. The third kappa shape index (κ3) is 3.84. The maximum absolute atomic E-state index is 12.3. The molecule has 2 rings (SSSR count). The van der Waals surface area contributed by atoms with Crippen molar-refractivity contribution in [3.63, 3.8) is 0 Å². The molecule has 0 aliphatic carbocycles. The Bertz CT molecular complexity index is 366. The van der Waals surface area contributed by atoms with E-state index < -0.39 is 6.61 Å². The summed E-state index contributed by atoms with van der Waals surface area (Å²) >= 11 is 0. The predicted octanol–water partition coefficient (Wildman–Crippen LogP) is 2.84. The summed E-state index contributed by atoms with van der Waals surface area (Å²) in [6.07, 6.45) is 3.12. The number of ether oxygens (including phenoxy) is 1. The van der Waals surface area contributed by atoms with Crippen molar-refractivity contribution < 1.29 is 13.5 Å². The van der Waals surface area contributed by atoms with E-state index in [9.17, 15) is 8.78 Å². The van der Waals surface area contributed by atoms with Gasteiger partial charge in [0.15, 0.2) is 0 Å². The topological polar surface area (TPSA) is 33.3 Å². The Labute approximate surface area is 106 Å². The lowest BCUT2D eigenvalue weighted by Crippen LogP contribution is -2.22. The van der Waals surface area contributed by atoms with E-state index in [1.807, 2.05) is 6.07 Å². The summed E-state index contributed by atoms with van der Waals surface area (Å²) < 4.78 is 29.1. The van der Waals surface area contributed by atoms with Crippen LogP contribution in [0.2, 0.25) is 0 Å². The molecule has 3 nitrogen and oxygen atoms in total. The van der Waals surface area contributed by atoms with Crippen molar-refractivity contribution in [3.05, 3.63) is 24.3 Å². The molecule has 2 N–H and O–H groups in total. The highest BCUT2D eigenvalue weighted by Gasteiger charge is 2.15. The van der Waals surface area contributed by atoms with Gasteiger partial charge in [-0.3, -0.25) is 0 Å². The average molecular weight is 256 g/mol. The first kappa shape index (κ1) is 13.1. The van der Waals surface area contributed by atoms with Gasteiger partial charge in [0.25, 0.3) is 0 Å². The summed E-state index contributed by atoms with van der Waals surface area (Å²) in [7, 11) is 0. The molecule has 0 aromatic heterocycles. The minimum atomic E-state index is -2.79. The molecule has 1 fully saturated rings. The number of para-hydroxylation sites is 2. The van der Waals surface area contributed by atoms with Crippen LogP contribution in [0.3, 0.4) is 0 Å². The zero-order chi connectivity index (χ0) is 12.8. The molecule has 1 aromatic rings. The van der Waals surface area contributed by atoms with Gasteiger partial charge in [-0.25, -0.2) is 0 Å². The van der Waals surface area contributed by atoms with Gasteiger partial charge < -0.3 is 15.4 Å². The smallest absolute Gasteiger partial charge is 0.387 e. The van der Waals surface area contributed by atoms with E-state index in [0.717, 1.165) is 32.4 Å². The lowest BCUT2D eigenvalue weighted by atomic mass is 10.1. The van der Waals surface area contributed by atoms with Crippen molar-refractivity contribution in [2.75, 3.05) is 18.4 Å². The average Bonchev–Trinajstić information content (AvgIpc) is 2.60. The van der Waals surface area contributed by atoms with Crippen molar-refractivity contribution >= 4 is 5.69 Å². The van der Waals surface area contributed by atoms with Crippen LogP contribution in [0, 0.1) is 0 Å². The zero-order valence-corrected chi connectivity index (χ0v) is 10.2. The number of hydrogen-bond acceptors (Lipinski definition) is 3. The minimum absolute atomic E-state index is 0.213. The van der Waals surface area contributed by atoms with Gasteiger partial charge in [0.2, 0.25) is 0 Å². The molecule has 18 heavy (non-hydrogen) atoms. The van der Waals surface area contributed by atoms with Gasteiger partial charge in [0.05, 0.1) is 5.69 Å². The first-order valence-corrected chi connectivity index (χ1v) is 6.27. The molecule has 1 unspecified atom stereocenters. The van der Waals surface area contributed by atoms with Crippen LogP contribution in [-0.4, -0.2) is 25.7 Å². The molecule has 1 heterocycles. The van der Waals surface area contributed by atoms with Crippen LogP contribution >= 0.6 is 0 Å². The van der Waals surface area contributed by atoms with Crippen LogP contribution in [0.15, 0.2) is 24.3 Å². The molecule has 100 valence electrons. The molecule has 1 atom stereocenters. The van der Waals surface area contributed by atoms with Crippen LogP contribution in [0.1, 0.15) is 19.3 Å². The Kier molecular flexibility index (Phi) is 4.75. The third-order valence-electron chi connectivity index (χ3n) is 3.04. The van der Waals surface area contributed by atoms with Crippen LogP contribution in [0.4, 0.5) is 14.5 Å². The molecule has 1 saturated heterocycles. The Morgan fingerprint density at radius 1 is 1.22 bits per heavy atom. The maximum atomic E-state index is 12.3. The van der Waals surface area contributed by atoms with Gasteiger partial charge in [0, 0.05) is 6.04 Å². The Balaban J connectivity index is 2.02. The van der Waals surface area contributed by atoms with E-state index in [-0.39, 0.29) is 5.75 Å². The Hall–Kier alpha value is -1.36. The number of anilines is 1. The molecule has 1 aliphatic rings. The van der Waals surface area contributed by atoms with Gasteiger partial charge in [0.1, 0.15) is 5.75 Å². The highest BCUT2D eigenvalue weighted by molar-refractivity contribution is 5.56. The lowest BCUT2D eigenvalue weighted by Gasteiger charge is -2.19. The van der Waals surface area contributed by atoms with Crippen molar-refractivity contribution in [2.45, 2.75) is 31.9 Å². The van der Waals surface area contributed by atoms with E-state index in [2.05, 4.69) is 15.4 Å². The standard InChI is InChI=1S/C13H18F2N2O/c14-13(15)18-12-6-2-1-5-11(12)17-10-4-3-8-16-9-7-10/h1-2,5-6,10,13,16-17H,3-4,7-9H2. The van der Waals surface area contributed by atoms with E-state index >= 15 is 0 Å². The number of alkyl halides is 2. The maximum Gasteiger partial charge on any atom is 0.387 e. The van der Waals surface area contributed by atoms with Crippen LogP contribution in [-0.2, 0) is 0 Å². The molecular formula is C13H18F2N2O. The zero-order valence-electron chi connectivity index (χ0n) is 10.2.